The Balaban J connectivity index is 2.11. The summed E-state index contributed by atoms with van der Waals surface area (Å²) < 4.78 is 5.70. The van der Waals surface area contributed by atoms with Gasteiger partial charge in [0.25, 0.3) is 0 Å². The number of hydrogen-bond acceptors (Lipinski definition) is 3. The van der Waals surface area contributed by atoms with Gasteiger partial charge in [-0.15, -0.1) is 0 Å². The normalized spacial score (nSPS) is 9.41. The Kier molecular flexibility index (Phi) is 4.03. The lowest BCUT2D eigenvalue weighted by atomic mass is 10.2. The first kappa shape index (κ1) is 11.5. The monoisotopic (exact) mass is 241 g/mol. The van der Waals surface area contributed by atoms with Gasteiger partial charge in [0, 0.05) is 0 Å². The average Bonchev–Trinajstić information content (AvgIpc) is 2.39. The number of isothiocyanates is 1. The van der Waals surface area contributed by atoms with E-state index in [4.69, 9.17) is 4.74 Å². The van der Waals surface area contributed by atoms with Gasteiger partial charge in [-0.05, 0) is 29.9 Å². The maximum absolute atomic E-state index is 5.70. The van der Waals surface area contributed by atoms with Crippen LogP contribution in [0.3, 0.4) is 0 Å². The second kappa shape index (κ2) is 5.94. The average molecular weight is 241 g/mol. The molecule has 2 nitrogen and oxygen atoms in total. The van der Waals surface area contributed by atoms with Crippen molar-refractivity contribution in [2.45, 2.75) is 6.61 Å². The summed E-state index contributed by atoms with van der Waals surface area (Å²) in [6.45, 7) is 0.519. The van der Waals surface area contributed by atoms with Crippen LogP contribution >= 0.6 is 12.2 Å². The summed E-state index contributed by atoms with van der Waals surface area (Å²) in [6, 6.07) is 17.5. The number of para-hydroxylation sites is 2. The van der Waals surface area contributed by atoms with Gasteiger partial charge in [-0.1, -0.05) is 42.5 Å². The van der Waals surface area contributed by atoms with Crippen LogP contribution in [0.1, 0.15) is 5.56 Å². The molecule has 17 heavy (non-hydrogen) atoms. The van der Waals surface area contributed by atoms with Crippen LogP contribution in [0, 0.1) is 0 Å². The molecule has 0 aromatic heterocycles. The van der Waals surface area contributed by atoms with Crippen molar-refractivity contribution < 1.29 is 4.74 Å². The van der Waals surface area contributed by atoms with Crippen molar-refractivity contribution in [1.82, 2.24) is 0 Å². The second-order valence-electron chi connectivity index (χ2n) is 3.45. The van der Waals surface area contributed by atoms with E-state index in [1.807, 2.05) is 54.6 Å². The number of rotatable bonds is 4. The zero-order chi connectivity index (χ0) is 11.9. The molecule has 0 aliphatic rings. The number of ether oxygens (including phenoxy) is 1. The number of nitrogens with zero attached hydrogens (tertiary/aromatic N) is 1. The molecule has 3 heteroatoms. The molecule has 0 saturated heterocycles. The first-order chi connectivity index (χ1) is 8.40. The van der Waals surface area contributed by atoms with Crippen molar-refractivity contribution >= 4 is 23.1 Å². The van der Waals surface area contributed by atoms with Gasteiger partial charge in [0.2, 0.25) is 0 Å². The molecule has 0 aliphatic heterocycles. The number of hydrogen-bond donors (Lipinski definition) is 0. The zero-order valence-electron chi connectivity index (χ0n) is 9.17. The van der Waals surface area contributed by atoms with Crippen LogP contribution in [-0.2, 0) is 6.61 Å². The van der Waals surface area contributed by atoms with Crippen LogP contribution in [0.15, 0.2) is 59.6 Å². The van der Waals surface area contributed by atoms with Gasteiger partial charge in [0.15, 0.2) is 0 Å². The van der Waals surface area contributed by atoms with Gasteiger partial charge in [0.05, 0.1) is 5.16 Å². The minimum atomic E-state index is 0.519. The van der Waals surface area contributed by atoms with E-state index in [2.05, 4.69) is 22.4 Å². The fraction of sp³-hybridized carbons (Fsp3) is 0.0714. The Hall–Kier alpha value is -1.96. The quantitative estimate of drug-likeness (QED) is 0.596. The topological polar surface area (TPSA) is 21.6 Å². The molecule has 2 aromatic rings. The van der Waals surface area contributed by atoms with E-state index >= 15 is 0 Å². The molecule has 2 rings (SSSR count). The summed E-state index contributed by atoms with van der Waals surface area (Å²) in [7, 11) is 0. The van der Waals surface area contributed by atoms with E-state index in [-0.39, 0.29) is 0 Å². The van der Waals surface area contributed by atoms with E-state index < -0.39 is 0 Å². The molecule has 0 saturated carbocycles. The van der Waals surface area contributed by atoms with Crippen LogP contribution in [0.25, 0.3) is 0 Å². The minimum Gasteiger partial charge on any atom is -0.487 e. The maximum Gasteiger partial charge on any atom is 0.146 e. The molecule has 0 bridgehead atoms. The van der Waals surface area contributed by atoms with Crippen molar-refractivity contribution in [1.29, 1.82) is 0 Å². The molecule has 0 amide bonds. The summed E-state index contributed by atoms with van der Waals surface area (Å²) in [5.41, 5.74) is 1.83. The van der Waals surface area contributed by atoms with Gasteiger partial charge in [-0.25, -0.2) is 0 Å². The third kappa shape index (κ3) is 3.25. The molecule has 0 unspecified atom stereocenters. The van der Waals surface area contributed by atoms with Crippen molar-refractivity contribution in [3.05, 3.63) is 60.2 Å². The highest BCUT2D eigenvalue weighted by molar-refractivity contribution is 7.78. The zero-order valence-corrected chi connectivity index (χ0v) is 9.98. The summed E-state index contributed by atoms with van der Waals surface area (Å²) in [5.74, 6) is 0.716. The Bertz CT molecular complexity index is 533. The molecule has 0 heterocycles. The molecule has 0 aliphatic carbocycles. The lowest BCUT2D eigenvalue weighted by Crippen LogP contribution is -1.94. The van der Waals surface area contributed by atoms with E-state index in [0.717, 1.165) is 5.56 Å². The van der Waals surface area contributed by atoms with Gasteiger partial charge < -0.3 is 4.74 Å². The molecule has 0 atom stereocenters. The van der Waals surface area contributed by atoms with Crippen molar-refractivity contribution in [3.63, 3.8) is 0 Å². The molecular weight excluding hydrogens is 230 g/mol. The van der Waals surface area contributed by atoms with Gasteiger partial charge in [0.1, 0.15) is 18.0 Å². The number of thiocarbonyl (C=S) groups is 1. The Morgan fingerprint density at radius 2 is 1.71 bits per heavy atom. The highest BCUT2D eigenvalue weighted by Gasteiger charge is 2.01. The summed E-state index contributed by atoms with van der Waals surface area (Å²) in [4.78, 5) is 3.96. The summed E-state index contributed by atoms with van der Waals surface area (Å²) in [5, 5.41) is 2.35. The van der Waals surface area contributed by atoms with Crippen LogP contribution in [0.2, 0.25) is 0 Å². The highest BCUT2D eigenvalue weighted by Crippen LogP contribution is 2.26. The number of aliphatic imine (C=N–C) groups is 1. The van der Waals surface area contributed by atoms with Crippen LogP contribution < -0.4 is 4.74 Å². The fourth-order valence-corrected chi connectivity index (χ4v) is 1.55. The fourth-order valence-electron chi connectivity index (χ4n) is 1.46. The summed E-state index contributed by atoms with van der Waals surface area (Å²) >= 11 is 4.60. The van der Waals surface area contributed by atoms with E-state index in [1.54, 1.807) is 0 Å². The number of benzene rings is 2. The lowest BCUT2D eigenvalue weighted by molar-refractivity contribution is 0.307. The molecular formula is C14H11NOS. The van der Waals surface area contributed by atoms with Crippen molar-refractivity contribution in [3.8, 4) is 5.75 Å². The Labute approximate surface area is 106 Å². The maximum atomic E-state index is 5.70. The first-order valence-corrected chi connectivity index (χ1v) is 5.64. The van der Waals surface area contributed by atoms with Crippen LogP contribution in [0.5, 0.6) is 5.75 Å². The molecule has 0 radical (unpaired) electrons. The SMILES string of the molecule is S=C=Nc1ccccc1OCc1ccccc1. The molecule has 0 fully saturated rings. The Morgan fingerprint density at radius 3 is 2.47 bits per heavy atom. The van der Waals surface area contributed by atoms with Gasteiger partial charge in [-0.2, -0.15) is 4.99 Å². The molecule has 0 N–H and O–H groups in total. The summed E-state index contributed by atoms with van der Waals surface area (Å²) in [6.07, 6.45) is 0. The molecule has 2 aromatic carbocycles. The van der Waals surface area contributed by atoms with Crippen LogP contribution in [0.4, 0.5) is 5.69 Å². The lowest BCUT2D eigenvalue weighted by Gasteiger charge is -2.07. The van der Waals surface area contributed by atoms with E-state index in [0.29, 0.717) is 18.0 Å². The van der Waals surface area contributed by atoms with E-state index in [1.165, 1.54) is 0 Å². The molecule has 0 spiro atoms. The standard InChI is InChI=1S/C14H11NOS/c17-11-15-13-8-4-5-9-14(13)16-10-12-6-2-1-3-7-12/h1-9H,10H2. The van der Waals surface area contributed by atoms with Crippen molar-refractivity contribution in [2.75, 3.05) is 0 Å². The Morgan fingerprint density at radius 1 is 1.00 bits per heavy atom. The predicted molar refractivity (Wildman–Crippen MR) is 71.9 cm³/mol. The van der Waals surface area contributed by atoms with Gasteiger partial charge >= 0.3 is 0 Å². The third-order valence-electron chi connectivity index (χ3n) is 2.27. The predicted octanol–water partition coefficient (Wildman–Crippen LogP) is 4.00. The second-order valence-corrected chi connectivity index (χ2v) is 3.63. The van der Waals surface area contributed by atoms with Gasteiger partial charge in [-0.3, -0.25) is 0 Å². The van der Waals surface area contributed by atoms with E-state index in [9.17, 15) is 0 Å². The first-order valence-electron chi connectivity index (χ1n) is 5.24. The smallest absolute Gasteiger partial charge is 0.146 e. The minimum absolute atomic E-state index is 0.519. The third-order valence-corrected chi connectivity index (χ3v) is 2.36. The highest BCUT2D eigenvalue weighted by atomic mass is 32.1. The molecule has 84 valence electrons. The van der Waals surface area contributed by atoms with Crippen molar-refractivity contribution in [2.24, 2.45) is 4.99 Å². The largest absolute Gasteiger partial charge is 0.487 e. The van der Waals surface area contributed by atoms with Crippen LogP contribution in [-0.4, -0.2) is 5.16 Å².